The zero-order valence-electron chi connectivity index (χ0n) is 17.3. The third-order valence-electron chi connectivity index (χ3n) is 5.28. The molecule has 0 radical (unpaired) electrons. The Bertz CT molecular complexity index is 782. The summed E-state index contributed by atoms with van der Waals surface area (Å²) in [7, 11) is 0. The van der Waals surface area contributed by atoms with Crippen LogP contribution in [0.5, 0.6) is 5.75 Å². The van der Waals surface area contributed by atoms with Gasteiger partial charge in [0.25, 0.3) is 0 Å². The molecule has 0 fully saturated rings. The molecule has 152 valence electrons. The number of carbonyl (C=O) groups is 1. The molecular weight excluding hydrogens is 352 g/mol. The summed E-state index contributed by atoms with van der Waals surface area (Å²) in [6, 6.07) is 14.4. The van der Waals surface area contributed by atoms with Gasteiger partial charge in [0, 0.05) is 5.56 Å². The fourth-order valence-electron chi connectivity index (χ4n) is 3.48. The van der Waals surface area contributed by atoms with Gasteiger partial charge in [-0.1, -0.05) is 70.9 Å². The number of hydrogen-bond donors (Lipinski definition) is 2. The maximum absolute atomic E-state index is 11.5. The van der Waals surface area contributed by atoms with E-state index in [1.807, 2.05) is 37.3 Å². The van der Waals surface area contributed by atoms with Crippen molar-refractivity contribution < 1.29 is 19.7 Å². The highest BCUT2D eigenvalue weighted by molar-refractivity contribution is 5.89. The molecule has 2 aromatic carbocycles. The maximum atomic E-state index is 11.5. The van der Waals surface area contributed by atoms with Gasteiger partial charge in [0.2, 0.25) is 0 Å². The smallest absolute Gasteiger partial charge is 0.336 e. The highest BCUT2D eigenvalue weighted by Crippen LogP contribution is 2.39. The number of carboxylic acid groups (broad SMARTS) is 1. The quantitative estimate of drug-likeness (QED) is 0.514. The van der Waals surface area contributed by atoms with Gasteiger partial charge in [0.05, 0.1) is 11.7 Å². The van der Waals surface area contributed by atoms with E-state index < -0.39 is 12.1 Å². The molecule has 0 saturated carbocycles. The minimum atomic E-state index is -0.959. The maximum Gasteiger partial charge on any atom is 0.336 e. The number of aliphatic hydroxyl groups is 1. The molecule has 2 rings (SSSR count). The summed E-state index contributed by atoms with van der Waals surface area (Å²) in [6.07, 6.45) is 2.80. The normalized spacial score (nSPS) is 13.8. The van der Waals surface area contributed by atoms with Crippen LogP contribution in [0.4, 0.5) is 0 Å². The summed E-state index contributed by atoms with van der Waals surface area (Å²) in [4.78, 5) is 11.5. The van der Waals surface area contributed by atoms with E-state index in [1.165, 1.54) is 0 Å². The molecule has 0 aliphatic heterocycles. The van der Waals surface area contributed by atoms with Crippen molar-refractivity contribution in [3.05, 3.63) is 65.2 Å². The second-order valence-corrected chi connectivity index (χ2v) is 7.97. The van der Waals surface area contributed by atoms with Crippen molar-refractivity contribution >= 4 is 5.97 Å². The number of carboxylic acids is 1. The minimum Gasteiger partial charge on any atom is -0.486 e. The van der Waals surface area contributed by atoms with Crippen LogP contribution in [0.1, 0.15) is 87.1 Å². The fraction of sp³-hybridized carbons (Fsp3) is 0.458. The minimum absolute atomic E-state index is 0.227. The highest BCUT2D eigenvalue weighted by atomic mass is 16.5. The van der Waals surface area contributed by atoms with E-state index >= 15 is 0 Å². The first-order valence-electron chi connectivity index (χ1n) is 10.1. The third-order valence-corrected chi connectivity index (χ3v) is 5.28. The number of aromatic carboxylic acids is 1. The Labute approximate surface area is 168 Å². The Balaban J connectivity index is 2.25. The second kappa shape index (κ2) is 9.74. The first-order valence-corrected chi connectivity index (χ1v) is 10.1. The zero-order chi connectivity index (χ0) is 20.7. The van der Waals surface area contributed by atoms with Crippen LogP contribution >= 0.6 is 0 Å². The molecule has 2 aromatic rings. The van der Waals surface area contributed by atoms with Gasteiger partial charge in [0.1, 0.15) is 11.9 Å². The molecule has 0 heterocycles. The van der Waals surface area contributed by atoms with Crippen LogP contribution in [0.3, 0.4) is 0 Å². The molecule has 0 aliphatic carbocycles. The number of ether oxygens (including phenoxy) is 1. The van der Waals surface area contributed by atoms with E-state index in [-0.39, 0.29) is 17.1 Å². The zero-order valence-corrected chi connectivity index (χ0v) is 17.3. The lowest BCUT2D eigenvalue weighted by Crippen LogP contribution is -2.22. The van der Waals surface area contributed by atoms with Gasteiger partial charge in [-0.3, -0.25) is 0 Å². The van der Waals surface area contributed by atoms with Crippen molar-refractivity contribution in [1.29, 1.82) is 0 Å². The van der Waals surface area contributed by atoms with Crippen LogP contribution in [-0.2, 0) is 0 Å². The molecule has 4 heteroatoms. The standard InChI is InChI=1S/C24H32O4/c1-5-7-15-24(3,4)22(25)17-11-10-12-18(16-17)28-21(6-2)19-13-8-9-14-20(19)23(26)27/h8-14,16,21-22,25H,5-7,15H2,1-4H3,(H,26,27). The third kappa shape index (κ3) is 5.35. The van der Waals surface area contributed by atoms with E-state index in [2.05, 4.69) is 20.8 Å². The van der Waals surface area contributed by atoms with Gasteiger partial charge in [-0.15, -0.1) is 0 Å². The van der Waals surface area contributed by atoms with E-state index in [1.54, 1.807) is 18.2 Å². The molecule has 0 saturated heterocycles. The van der Waals surface area contributed by atoms with E-state index in [9.17, 15) is 15.0 Å². The largest absolute Gasteiger partial charge is 0.486 e. The molecule has 0 bridgehead atoms. The summed E-state index contributed by atoms with van der Waals surface area (Å²) < 4.78 is 6.15. The SMILES string of the molecule is CCCCC(C)(C)C(O)c1cccc(OC(CC)c2ccccc2C(=O)O)c1. The van der Waals surface area contributed by atoms with E-state index in [4.69, 9.17) is 4.74 Å². The van der Waals surface area contributed by atoms with Crippen molar-refractivity contribution in [2.75, 3.05) is 0 Å². The average molecular weight is 385 g/mol. The summed E-state index contributed by atoms with van der Waals surface area (Å²) in [5.74, 6) is -0.325. The summed E-state index contributed by atoms with van der Waals surface area (Å²) in [6.45, 7) is 8.28. The molecule has 4 nitrogen and oxygen atoms in total. The molecule has 0 amide bonds. The lowest BCUT2D eigenvalue weighted by molar-refractivity contribution is 0.0411. The Morgan fingerprint density at radius 3 is 2.46 bits per heavy atom. The Hall–Kier alpha value is -2.33. The van der Waals surface area contributed by atoms with Gasteiger partial charge in [-0.2, -0.15) is 0 Å². The summed E-state index contributed by atoms with van der Waals surface area (Å²) in [5, 5.41) is 20.4. The van der Waals surface area contributed by atoms with Crippen LogP contribution in [-0.4, -0.2) is 16.2 Å². The predicted octanol–water partition coefficient (Wildman–Crippen LogP) is 6.16. The van der Waals surface area contributed by atoms with Crippen LogP contribution < -0.4 is 4.74 Å². The summed E-state index contributed by atoms with van der Waals surface area (Å²) >= 11 is 0. The van der Waals surface area contributed by atoms with Crippen molar-refractivity contribution in [2.45, 2.75) is 65.6 Å². The van der Waals surface area contributed by atoms with Gasteiger partial charge < -0.3 is 14.9 Å². The molecule has 0 aromatic heterocycles. The number of benzene rings is 2. The number of aliphatic hydroxyl groups excluding tert-OH is 1. The lowest BCUT2D eigenvalue weighted by Gasteiger charge is -2.31. The monoisotopic (exact) mass is 384 g/mol. The Morgan fingerprint density at radius 1 is 1.11 bits per heavy atom. The highest BCUT2D eigenvalue weighted by Gasteiger charge is 2.29. The molecule has 2 atom stereocenters. The molecular formula is C24H32O4. The topological polar surface area (TPSA) is 66.8 Å². The van der Waals surface area contributed by atoms with E-state index in [0.717, 1.165) is 24.8 Å². The predicted molar refractivity (Wildman–Crippen MR) is 112 cm³/mol. The molecule has 2 unspecified atom stereocenters. The fourth-order valence-corrected chi connectivity index (χ4v) is 3.48. The molecule has 2 N–H and O–H groups in total. The molecule has 28 heavy (non-hydrogen) atoms. The Kier molecular flexibility index (Phi) is 7.64. The molecule has 0 aliphatic rings. The van der Waals surface area contributed by atoms with E-state index in [0.29, 0.717) is 17.7 Å². The van der Waals surface area contributed by atoms with Crippen molar-refractivity contribution in [1.82, 2.24) is 0 Å². The van der Waals surface area contributed by atoms with Crippen molar-refractivity contribution in [3.63, 3.8) is 0 Å². The number of rotatable bonds is 10. The van der Waals surface area contributed by atoms with Crippen LogP contribution in [0.15, 0.2) is 48.5 Å². The Morgan fingerprint density at radius 2 is 1.82 bits per heavy atom. The lowest BCUT2D eigenvalue weighted by atomic mass is 9.78. The number of unbranched alkanes of at least 4 members (excludes halogenated alkanes) is 1. The molecule has 0 spiro atoms. The van der Waals surface area contributed by atoms with Gasteiger partial charge in [0.15, 0.2) is 0 Å². The van der Waals surface area contributed by atoms with Crippen LogP contribution in [0, 0.1) is 5.41 Å². The average Bonchev–Trinajstić information content (AvgIpc) is 2.70. The van der Waals surface area contributed by atoms with Gasteiger partial charge in [-0.05, 0) is 42.0 Å². The van der Waals surface area contributed by atoms with Crippen LogP contribution in [0.25, 0.3) is 0 Å². The van der Waals surface area contributed by atoms with Crippen LogP contribution in [0.2, 0.25) is 0 Å². The van der Waals surface area contributed by atoms with Crippen molar-refractivity contribution in [2.24, 2.45) is 5.41 Å². The van der Waals surface area contributed by atoms with Gasteiger partial charge in [-0.25, -0.2) is 4.79 Å². The first-order chi connectivity index (χ1) is 13.3. The first kappa shape index (κ1) is 22.0. The number of hydrogen-bond acceptors (Lipinski definition) is 3. The summed E-state index contributed by atoms with van der Waals surface area (Å²) in [5.41, 5.74) is 1.51. The van der Waals surface area contributed by atoms with Crippen molar-refractivity contribution in [3.8, 4) is 5.75 Å². The van der Waals surface area contributed by atoms with Gasteiger partial charge >= 0.3 is 5.97 Å². The second-order valence-electron chi connectivity index (χ2n) is 7.97.